The fourth-order valence-electron chi connectivity index (χ4n) is 3.91. The Labute approximate surface area is 154 Å². The molecule has 0 saturated heterocycles. The Kier molecular flexibility index (Phi) is 3.21. The molecular weight excluding hydrogens is 350 g/mol. The lowest BCUT2D eigenvalue weighted by Gasteiger charge is -2.19. The van der Waals surface area contributed by atoms with Crippen molar-refractivity contribution in [1.82, 2.24) is 15.6 Å². The Morgan fingerprint density at radius 1 is 0.962 bits per heavy atom. The standard InChI is InChI=1S/C20H14ClN3O2/c21-18-15(11-6-2-4-8-14(11)23-18)17-16(19(25)24-20(17)26)12-9-22-13-7-3-1-5-10(12)13/h1-10,13,22-23H,(H,24,25,26). The third kappa shape index (κ3) is 2.04. The van der Waals surface area contributed by atoms with Crippen molar-refractivity contribution in [2.45, 2.75) is 6.04 Å². The van der Waals surface area contributed by atoms with Gasteiger partial charge in [-0.3, -0.25) is 14.9 Å². The molecule has 2 atom stereocenters. The molecule has 2 aromatic rings. The first-order valence-electron chi connectivity index (χ1n) is 8.33. The van der Waals surface area contributed by atoms with Crippen molar-refractivity contribution in [3.05, 3.63) is 76.6 Å². The van der Waals surface area contributed by atoms with Crippen molar-refractivity contribution >= 4 is 39.9 Å². The molecule has 5 rings (SSSR count). The van der Waals surface area contributed by atoms with Crippen LogP contribution in [0.25, 0.3) is 16.5 Å². The first-order valence-corrected chi connectivity index (χ1v) is 8.71. The largest absolute Gasteiger partial charge is 0.383 e. The van der Waals surface area contributed by atoms with Gasteiger partial charge in [-0.2, -0.15) is 0 Å². The number of carbonyl (C=O) groups is 2. The van der Waals surface area contributed by atoms with Gasteiger partial charge in [-0.15, -0.1) is 0 Å². The number of aromatic amines is 1. The molecule has 2 aliphatic heterocycles. The molecule has 5 nitrogen and oxygen atoms in total. The molecule has 3 heterocycles. The number of carbonyl (C=O) groups excluding carboxylic acids is 2. The summed E-state index contributed by atoms with van der Waals surface area (Å²) >= 11 is 6.43. The van der Waals surface area contributed by atoms with Crippen molar-refractivity contribution in [1.29, 1.82) is 0 Å². The van der Waals surface area contributed by atoms with Crippen LogP contribution < -0.4 is 10.6 Å². The molecule has 0 spiro atoms. The van der Waals surface area contributed by atoms with Crippen LogP contribution in [0.15, 0.2) is 65.9 Å². The number of fused-ring (bicyclic) bond motifs is 2. The van der Waals surface area contributed by atoms with Gasteiger partial charge in [0.2, 0.25) is 0 Å². The maximum atomic E-state index is 12.7. The second-order valence-corrected chi connectivity index (χ2v) is 6.86. The highest BCUT2D eigenvalue weighted by Crippen LogP contribution is 2.41. The Hall–Kier alpha value is -3.05. The van der Waals surface area contributed by atoms with Gasteiger partial charge in [-0.1, -0.05) is 54.1 Å². The summed E-state index contributed by atoms with van der Waals surface area (Å²) in [6.07, 6.45) is 9.83. The molecule has 26 heavy (non-hydrogen) atoms. The molecule has 2 unspecified atom stereocenters. The van der Waals surface area contributed by atoms with E-state index in [0.29, 0.717) is 21.9 Å². The zero-order valence-electron chi connectivity index (χ0n) is 13.5. The van der Waals surface area contributed by atoms with E-state index >= 15 is 0 Å². The van der Waals surface area contributed by atoms with Gasteiger partial charge < -0.3 is 10.3 Å². The number of amides is 2. The van der Waals surface area contributed by atoms with Gasteiger partial charge in [0, 0.05) is 28.6 Å². The zero-order chi connectivity index (χ0) is 17.8. The molecule has 3 aliphatic rings. The van der Waals surface area contributed by atoms with Gasteiger partial charge in [-0.05, 0) is 11.6 Å². The Balaban J connectivity index is 1.76. The zero-order valence-corrected chi connectivity index (χ0v) is 14.3. The summed E-state index contributed by atoms with van der Waals surface area (Å²) < 4.78 is 0. The third-order valence-corrected chi connectivity index (χ3v) is 5.34. The number of para-hydroxylation sites is 1. The van der Waals surface area contributed by atoms with Crippen LogP contribution in [0.3, 0.4) is 0 Å². The molecule has 0 saturated carbocycles. The molecular formula is C20H14ClN3O2. The Morgan fingerprint density at radius 2 is 1.73 bits per heavy atom. The van der Waals surface area contributed by atoms with E-state index in [4.69, 9.17) is 11.6 Å². The molecule has 0 fully saturated rings. The lowest BCUT2D eigenvalue weighted by molar-refractivity contribution is -0.123. The monoisotopic (exact) mass is 363 g/mol. The van der Waals surface area contributed by atoms with Gasteiger partial charge in [0.05, 0.1) is 17.2 Å². The third-order valence-electron chi connectivity index (χ3n) is 5.06. The smallest absolute Gasteiger partial charge is 0.259 e. The molecule has 1 aromatic heterocycles. The van der Waals surface area contributed by atoms with Crippen LogP contribution in [-0.2, 0) is 9.59 Å². The molecule has 128 valence electrons. The number of nitrogens with one attached hydrogen (secondary N) is 3. The predicted octanol–water partition coefficient (Wildman–Crippen LogP) is 2.83. The van der Waals surface area contributed by atoms with Crippen molar-refractivity contribution in [3.8, 4) is 0 Å². The van der Waals surface area contributed by atoms with Crippen molar-refractivity contribution in [3.63, 3.8) is 0 Å². The minimum absolute atomic E-state index is 0.00521. The minimum Gasteiger partial charge on any atom is -0.383 e. The average Bonchev–Trinajstić information content (AvgIpc) is 3.27. The minimum atomic E-state index is -0.420. The second kappa shape index (κ2) is 5.47. The molecule has 0 radical (unpaired) electrons. The van der Waals surface area contributed by atoms with Crippen molar-refractivity contribution < 1.29 is 9.59 Å². The highest BCUT2D eigenvalue weighted by atomic mass is 35.5. The maximum Gasteiger partial charge on any atom is 0.259 e. The highest BCUT2D eigenvalue weighted by molar-refractivity contribution is 6.43. The van der Waals surface area contributed by atoms with Gasteiger partial charge >= 0.3 is 0 Å². The van der Waals surface area contributed by atoms with Crippen LogP contribution in [0.5, 0.6) is 0 Å². The van der Waals surface area contributed by atoms with E-state index < -0.39 is 5.91 Å². The maximum absolute atomic E-state index is 12.7. The molecule has 6 heteroatoms. The first kappa shape index (κ1) is 15.2. The summed E-state index contributed by atoms with van der Waals surface area (Å²) in [5.41, 5.74) is 2.91. The van der Waals surface area contributed by atoms with Gasteiger partial charge in [0.1, 0.15) is 5.15 Å². The van der Waals surface area contributed by atoms with Gasteiger partial charge in [0.15, 0.2) is 0 Å². The summed E-state index contributed by atoms with van der Waals surface area (Å²) in [7, 11) is 0. The van der Waals surface area contributed by atoms with E-state index in [2.05, 4.69) is 15.6 Å². The van der Waals surface area contributed by atoms with Crippen LogP contribution in [0.4, 0.5) is 0 Å². The Morgan fingerprint density at radius 3 is 2.62 bits per heavy atom. The van der Waals surface area contributed by atoms with E-state index in [0.717, 1.165) is 16.5 Å². The number of imide groups is 1. The van der Waals surface area contributed by atoms with Crippen molar-refractivity contribution in [2.75, 3.05) is 0 Å². The number of aromatic nitrogens is 1. The predicted molar refractivity (Wildman–Crippen MR) is 100 cm³/mol. The number of benzene rings is 1. The topological polar surface area (TPSA) is 74.0 Å². The van der Waals surface area contributed by atoms with E-state index in [1.807, 2.05) is 54.8 Å². The SMILES string of the molecule is O=C1NC(=O)C(c2c(Cl)[nH]c3ccccc23)=C1C1=CNC2C=CC=CC12. The normalized spacial score (nSPS) is 24.1. The van der Waals surface area contributed by atoms with E-state index in [1.165, 1.54) is 0 Å². The number of hydrogen-bond donors (Lipinski definition) is 3. The summed E-state index contributed by atoms with van der Waals surface area (Å²) in [5.74, 6) is -0.801. The molecule has 1 aliphatic carbocycles. The second-order valence-electron chi connectivity index (χ2n) is 6.48. The fraction of sp³-hybridized carbons (Fsp3) is 0.100. The van der Waals surface area contributed by atoms with E-state index in [1.54, 1.807) is 0 Å². The highest BCUT2D eigenvalue weighted by Gasteiger charge is 2.40. The summed E-state index contributed by atoms with van der Waals surface area (Å²) in [6, 6.07) is 7.64. The lowest BCUT2D eigenvalue weighted by atomic mass is 9.85. The van der Waals surface area contributed by atoms with Crippen LogP contribution in [0, 0.1) is 5.92 Å². The van der Waals surface area contributed by atoms with Crippen molar-refractivity contribution in [2.24, 2.45) is 5.92 Å². The quantitative estimate of drug-likeness (QED) is 0.718. The van der Waals surface area contributed by atoms with E-state index in [9.17, 15) is 9.59 Å². The number of H-pyrrole nitrogens is 1. The average molecular weight is 364 g/mol. The summed E-state index contributed by atoms with van der Waals surface area (Å²) in [5, 5.41) is 6.88. The van der Waals surface area contributed by atoms with Gasteiger partial charge in [0.25, 0.3) is 11.8 Å². The molecule has 1 aromatic carbocycles. The van der Waals surface area contributed by atoms with Crippen LogP contribution in [0.2, 0.25) is 5.15 Å². The molecule has 0 bridgehead atoms. The van der Waals surface area contributed by atoms with Crippen LogP contribution in [-0.4, -0.2) is 22.8 Å². The summed E-state index contributed by atoms with van der Waals surface area (Å²) in [4.78, 5) is 28.4. The Bertz CT molecular complexity index is 1100. The van der Waals surface area contributed by atoms with E-state index in [-0.39, 0.29) is 17.9 Å². The number of rotatable bonds is 2. The number of halogens is 1. The van der Waals surface area contributed by atoms with Gasteiger partial charge in [-0.25, -0.2) is 0 Å². The van der Waals surface area contributed by atoms with Crippen LogP contribution >= 0.6 is 11.6 Å². The van der Waals surface area contributed by atoms with Crippen LogP contribution in [0.1, 0.15) is 5.56 Å². The fourth-order valence-corrected chi connectivity index (χ4v) is 4.21. The first-order chi connectivity index (χ1) is 12.6. The molecule has 2 amide bonds. The molecule has 3 N–H and O–H groups in total. The number of allylic oxidation sites excluding steroid dienone is 2. The lowest BCUT2D eigenvalue weighted by Crippen LogP contribution is -2.27. The summed E-state index contributed by atoms with van der Waals surface area (Å²) in [6.45, 7) is 0. The number of hydrogen-bond acceptors (Lipinski definition) is 3.